The number of anilines is 2. The van der Waals surface area contributed by atoms with Gasteiger partial charge in [0.25, 0.3) is 0 Å². The molecule has 0 atom stereocenters. The highest BCUT2D eigenvalue weighted by Gasteiger charge is 2.28. The fourth-order valence-corrected chi connectivity index (χ4v) is 2.27. The molecule has 5 N–H and O–H groups in total. The molecule has 0 aliphatic heterocycles. The Labute approximate surface area is 106 Å². The molecule has 1 aromatic heterocycles. The van der Waals surface area contributed by atoms with E-state index >= 15 is 0 Å². The molecule has 0 unspecified atom stereocenters. The fraction of sp³-hybridized carbons (Fsp3) is 0.667. The molecule has 2 aliphatic carbocycles. The Bertz CT molecular complexity index is 428. The van der Waals surface area contributed by atoms with E-state index in [1.165, 1.54) is 12.8 Å². The first-order valence-corrected chi connectivity index (χ1v) is 6.52. The number of aliphatic hydroxyl groups excluding tert-OH is 1. The van der Waals surface area contributed by atoms with E-state index in [9.17, 15) is 5.11 Å². The summed E-state index contributed by atoms with van der Waals surface area (Å²) in [4.78, 5) is 8.87. The Kier molecular flexibility index (Phi) is 3.05. The van der Waals surface area contributed by atoms with Gasteiger partial charge in [0, 0.05) is 18.5 Å². The van der Waals surface area contributed by atoms with Gasteiger partial charge < -0.3 is 15.8 Å². The van der Waals surface area contributed by atoms with Crippen LogP contribution in [-0.2, 0) is 0 Å². The van der Waals surface area contributed by atoms with Crippen LogP contribution in [-0.4, -0.2) is 27.7 Å². The van der Waals surface area contributed by atoms with Crippen LogP contribution in [0.15, 0.2) is 6.07 Å². The molecular weight excluding hydrogens is 230 g/mol. The fourth-order valence-electron chi connectivity index (χ4n) is 2.27. The molecule has 1 aromatic rings. The summed E-state index contributed by atoms with van der Waals surface area (Å²) in [6.45, 7) is 0.849. The molecule has 1 heterocycles. The highest BCUT2D eigenvalue weighted by Crippen LogP contribution is 2.38. The van der Waals surface area contributed by atoms with Gasteiger partial charge in [0.05, 0.1) is 6.10 Å². The topological polar surface area (TPSA) is 96.1 Å². The molecule has 2 fully saturated rings. The summed E-state index contributed by atoms with van der Waals surface area (Å²) >= 11 is 0. The van der Waals surface area contributed by atoms with Crippen molar-refractivity contribution >= 4 is 11.6 Å². The maximum atomic E-state index is 9.24. The largest absolute Gasteiger partial charge is 0.393 e. The van der Waals surface area contributed by atoms with Crippen molar-refractivity contribution in [2.24, 2.45) is 11.8 Å². The van der Waals surface area contributed by atoms with Crippen molar-refractivity contribution < 1.29 is 5.11 Å². The number of hydrogen-bond acceptors (Lipinski definition) is 6. The number of hydrogen-bond donors (Lipinski definition) is 4. The lowest BCUT2D eigenvalue weighted by molar-refractivity contribution is 0.0486. The summed E-state index contributed by atoms with van der Waals surface area (Å²) in [5.41, 5.74) is 2.58. The van der Waals surface area contributed by atoms with E-state index in [-0.39, 0.29) is 6.10 Å². The number of nitrogens with zero attached hydrogens (tertiary/aromatic N) is 2. The molecular formula is C12H19N5O. The number of aromatic nitrogens is 2. The number of rotatable bonds is 5. The Morgan fingerprint density at radius 3 is 2.61 bits per heavy atom. The third kappa shape index (κ3) is 2.54. The van der Waals surface area contributed by atoms with Gasteiger partial charge in [-0.2, -0.15) is 0 Å². The van der Waals surface area contributed by atoms with Crippen LogP contribution in [0.25, 0.3) is 0 Å². The van der Waals surface area contributed by atoms with Gasteiger partial charge in [-0.05, 0) is 31.6 Å². The van der Waals surface area contributed by atoms with Crippen LogP contribution >= 0.6 is 0 Å². The number of aliphatic hydroxyl groups is 1. The SMILES string of the molecule is NNc1cc(NCC2CC(O)C2)nc(C2CC2)n1. The van der Waals surface area contributed by atoms with Gasteiger partial charge >= 0.3 is 0 Å². The van der Waals surface area contributed by atoms with Gasteiger partial charge in [0.15, 0.2) is 0 Å². The second kappa shape index (κ2) is 4.70. The van der Waals surface area contributed by atoms with E-state index in [0.29, 0.717) is 17.7 Å². The van der Waals surface area contributed by atoms with Crippen LogP contribution in [0.2, 0.25) is 0 Å². The lowest BCUT2D eigenvalue weighted by atomic mass is 9.82. The van der Waals surface area contributed by atoms with E-state index in [1.807, 2.05) is 6.07 Å². The van der Waals surface area contributed by atoms with Crippen molar-refractivity contribution in [3.05, 3.63) is 11.9 Å². The van der Waals surface area contributed by atoms with Gasteiger partial charge in [0.2, 0.25) is 0 Å². The second-order valence-corrected chi connectivity index (χ2v) is 5.29. The van der Waals surface area contributed by atoms with Crippen molar-refractivity contribution in [2.45, 2.75) is 37.7 Å². The first kappa shape index (κ1) is 11.7. The Hall–Kier alpha value is -1.40. The molecule has 2 saturated carbocycles. The van der Waals surface area contributed by atoms with Crippen LogP contribution in [0.1, 0.15) is 37.4 Å². The minimum atomic E-state index is -0.106. The van der Waals surface area contributed by atoms with E-state index < -0.39 is 0 Å². The van der Waals surface area contributed by atoms with Crippen molar-refractivity contribution in [3.8, 4) is 0 Å². The molecule has 98 valence electrons. The van der Waals surface area contributed by atoms with E-state index in [1.54, 1.807) is 0 Å². The zero-order valence-electron chi connectivity index (χ0n) is 10.3. The van der Waals surface area contributed by atoms with Crippen LogP contribution in [0, 0.1) is 5.92 Å². The van der Waals surface area contributed by atoms with E-state index in [0.717, 1.165) is 31.0 Å². The molecule has 18 heavy (non-hydrogen) atoms. The maximum absolute atomic E-state index is 9.24. The summed E-state index contributed by atoms with van der Waals surface area (Å²) < 4.78 is 0. The molecule has 0 saturated heterocycles. The molecule has 3 rings (SSSR count). The standard InChI is InChI=1S/C12H19N5O/c13-17-11-5-10(14-6-7-3-9(18)4-7)15-12(16-11)8-1-2-8/h5,7-9,18H,1-4,6,13H2,(H2,14,15,16,17). The Morgan fingerprint density at radius 2 is 2.00 bits per heavy atom. The smallest absolute Gasteiger partial charge is 0.145 e. The van der Waals surface area contributed by atoms with Gasteiger partial charge in [-0.25, -0.2) is 15.8 Å². The molecule has 0 bridgehead atoms. The average Bonchev–Trinajstić information content (AvgIpc) is 3.17. The van der Waals surface area contributed by atoms with Crippen LogP contribution in [0.4, 0.5) is 11.6 Å². The van der Waals surface area contributed by atoms with Gasteiger partial charge in [-0.1, -0.05) is 0 Å². The molecule has 0 radical (unpaired) electrons. The van der Waals surface area contributed by atoms with Crippen molar-refractivity contribution in [1.82, 2.24) is 9.97 Å². The molecule has 2 aliphatic rings. The number of hydrazine groups is 1. The van der Waals surface area contributed by atoms with Gasteiger partial charge in [-0.15, -0.1) is 0 Å². The molecule has 0 spiro atoms. The van der Waals surface area contributed by atoms with Crippen LogP contribution < -0.4 is 16.6 Å². The zero-order chi connectivity index (χ0) is 12.5. The van der Waals surface area contributed by atoms with Crippen LogP contribution in [0.5, 0.6) is 0 Å². The summed E-state index contributed by atoms with van der Waals surface area (Å²) in [7, 11) is 0. The van der Waals surface area contributed by atoms with Crippen LogP contribution in [0.3, 0.4) is 0 Å². The average molecular weight is 249 g/mol. The third-order valence-electron chi connectivity index (χ3n) is 3.62. The highest BCUT2D eigenvalue weighted by molar-refractivity contribution is 5.47. The predicted octanol–water partition coefficient (Wildman–Crippen LogP) is 0.822. The van der Waals surface area contributed by atoms with E-state index in [2.05, 4.69) is 20.7 Å². The van der Waals surface area contributed by atoms with Crippen molar-refractivity contribution in [1.29, 1.82) is 0 Å². The normalized spacial score (nSPS) is 26.6. The molecule has 0 aromatic carbocycles. The third-order valence-corrected chi connectivity index (χ3v) is 3.62. The van der Waals surface area contributed by atoms with E-state index in [4.69, 9.17) is 5.84 Å². The summed E-state index contributed by atoms with van der Waals surface area (Å²) in [5.74, 6) is 8.82. The Balaban J connectivity index is 1.64. The number of nitrogen functional groups attached to an aromatic ring is 1. The molecule has 0 amide bonds. The molecule has 6 heteroatoms. The summed E-state index contributed by atoms with van der Waals surface area (Å²) in [5, 5.41) is 12.6. The van der Waals surface area contributed by atoms with Gasteiger partial charge in [0.1, 0.15) is 17.5 Å². The second-order valence-electron chi connectivity index (χ2n) is 5.29. The minimum Gasteiger partial charge on any atom is -0.393 e. The lowest BCUT2D eigenvalue weighted by Crippen LogP contribution is -2.33. The number of nitrogens with two attached hydrogens (primary N) is 1. The summed E-state index contributed by atoms with van der Waals surface area (Å²) in [6, 6.07) is 1.82. The minimum absolute atomic E-state index is 0.106. The number of nitrogens with one attached hydrogen (secondary N) is 2. The quantitative estimate of drug-likeness (QED) is 0.456. The first-order valence-electron chi connectivity index (χ1n) is 6.52. The van der Waals surface area contributed by atoms with Crippen molar-refractivity contribution in [2.75, 3.05) is 17.3 Å². The molecule has 6 nitrogen and oxygen atoms in total. The van der Waals surface area contributed by atoms with Gasteiger partial charge in [-0.3, -0.25) is 0 Å². The monoisotopic (exact) mass is 249 g/mol. The first-order chi connectivity index (χ1) is 8.74. The zero-order valence-corrected chi connectivity index (χ0v) is 10.3. The summed E-state index contributed by atoms with van der Waals surface area (Å²) in [6.07, 6.45) is 4.00. The van der Waals surface area contributed by atoms with Crippen molar-refractivity contribution in [3.63, 3.8) is 0 Å². The maximum Gasteiger partial charge on any atom is 0.145 e. The lowest BCUT2D eigenvalue weighted by Gasteiger charge is -2.31. The Morgan fingerprint density at radius 1 is 1.28 bits per heavy atom. The highest BCUT2D eigenvalue weighted by atomic mass is 16.3. The predicted molar refractivity (Wildman–Crippen MR) is 69.0 cm³/mol.